The maximum absolute atomic E-state index is 15.7. The normalized spacial score (nSPS) is 21.1. The Bertz CT molecular complexity index is 1350. The van der Waals surface area contributed by atoms with E-state index in [0.717, 1.165) is 38.8 Å². The predicted molar refractivity (Wildman–Crippen MR) is 170 cm³/mol. The Kier molecular flexibility index (Phi) is 11.9. The van der Waals surface area contributed by atoms with Crippen LogP contribution in [0.15, 0.2) is 30.5 Å². The largest absolute Gasteiger partial charge is 0.344 e. The zero-order valence-corrected chi connectivity index (χ0v) is 27.4. The van der Waals surface area contributed by atoms with E-state index in [1.165, 1.54) is 6.07 Å². The van der Waals surface area contributed by atoms with Crippen LogP contribution in [0.2, 0.25) is 0 Å². The molecule has 1 saturated heterocycles. The van der Waals surface area contributed by atoms with Crippen molar-refractivity contribution in [3.8, 4) is 0 Å². The molecule has 2 aromatic rings. The van der Waals surface area contributed by atoms with Gasteiger partial charge < -0.3 is 20.4 Å². The Hall–Kier alpha value is -3.60. The van der Waals surface area contributed by atoms with Gasteiger partial charge in [-0.25, -0.2) is 4.39 Å². The van der Waals surface area contributed by atoms with Crippen molar-refractivity contribution < 1.29 is 23.6 Å². The fraction of sp³-hybridized carbons (Fsp3) is 0.618. The third-order valence-electron chi connectivity index (χ3n) is 9.60. The van der Waals surface area contributed by atoms with Gasteiger partial charge in [0.2, 0.25) is 11.8 Å². The number of nitrogens with zero attached hydrogens (tertiary/aromatic N) is 4. The first kappa shape index (κ1) is 34.3. The van der Waals surface area contributed by atoms with Gasteiger partial charge in [-0.1, -0.05) is 45.7 Å². The van der Waals surface area contributed by atoms with Crippen LogP contribution < -0.4 is 10.6 Å². The first-order valence-electron chi connectivity index (χ1n) is 16.4. The summed E-state index contributed by atoms with van der Waals surface area (Å²) < 4.78 is 17.3. The van der Waals surface area contributed by atoms with Gasteiger partial charge in [0.1, 0.15) is 17.6 Å². The van der Waals surface area contributed by atoms with Gasteiger partial charge in [-0.15, -0.1) is 0 Å². The number of halogens is 1. The van der Waals surface area contributed by atoms with Crippen LogP contribution in [-0.4, -0.2) is 88.4 Å². The van der Waals surface area contributed by atoms with Crippen molar-refractivity contribution in [3.63, 3.8) is 0 Å². The maximum Gasteiger partial charge on any atom is 0.270 e. The second kappa shape index (κ2) is 15.6. The lowest BCUT2D eigenvalue weighted by Crippen LogP contribution is -2.55. The van der Waals surface area contributed by atoms with Gasteiger partial charge in [0.05, 0.1) is 6.04 Å². The zero-order chi connectivity index (χ0) is 32.7. The zero-order valence-electron chi connectivity index (χ0n) is 27.4. The van der Waals surface area contributed by atoms with E-state index in [-0.39, 0.29) is 47.8 Å². The van der Waals surface area contributed by atoms with Crippen molar-refractivity contribution >= 4 is 23.5 Å². The molecule has 1 aliphatic heterocycles. The molecule has 4 rings (SSSR count). The second-order valence-corrected chi connectivity index (χ2v) is 12.8. The summed E-state index contributed by atoms with van der Waals surface area (Å²) in [5.41, 5.74) is 1.18. The van der Waals surface area contributed by atoms with Gasteiger partial charge in [0.25, 0.3) is 5.91 Å². The molecule has 3 amide bonds. The molecule has 10 nitrogen and oxygen atoms in total. The fourth-order valence-corrected chi connectivity index (χ4v) is 6.45. The van der Waals surface area contributed by atoms with Crippen LogP contribution in [0.4, 0.5) is 4.39 Å². The highest BCUT2D eigenvalue weighted by atomic mass is 19.1. The van der Waals surface area contributed by atoms with Gasteiger partial charge >= 0.3 is 0 Å². The minimum atomic E-state index is -0.836. The van der Waals surface area contributed by atoms with Gasteiger partial charge in [-0.05, 0) is 61.9 Å². The Morgan fingerprint density at radius 1 is 1.00 bits per heavy atom. The van der Waals surface area contributed by atoms with Crippen LogP contribution in [0, 0.1) is 17.7 Å². The van der Waals surface area contributed by atoms with Crippen molar-refractivity contribution in [2.75, 3.05) is 33.2 Å². The summed E-state index contributed by atoms with van der Waals surface area (Å²) in [6.07, 6.45) is 5.20. The molecular weight excluding hydrogens is 575 g/mol. The monoisotopic (exact) mass is 624 g/mol. The molecule has 11 heteroatoms. The summed E-state index contributed by atoms with van der Waals surface area (Å²) in [5.74, 6) is -1.52. The number of ketones is 1. The number of hydrogen-bond acceptors (Lipinski definition) is 6. The summed E-state index contributed by atoms with van der Waals surface area (Å²) in [4.78, 5) is 56.9. The van der Waals surface area contributed by atoms with Gasteiger partial charge in [-0.3, -0.25) is 23.9 Å². The second-order valence-electron chi connectivity index (χ2n) is 12.8. The van der Waals surface area contributed by atoms with Gasteiger partial charge in [0, 0.05) is 57.7 Å². The number of nitrogens with one attached hydrogen (secondary N) is 2. The number of carbonyl (C=O) groups is 4. The van der Waals surface area contributed by atoms with Crippen molar-refractivity contribution in [1.29, 1.82) is 0 Å². The number of Topliss-reactive ketones (excluding diaryl/α,β-unsaturated/α-hetero) is 1. The van der Waals surface area contributed by atoms with Crippen LogP contribution in [0.5, 0.6) is 0 Å². The summed E-state index contributed by atoms with van der Waals surface area (Å²) in [7, 11) is 2.00. The average Bonchev–Trinajstić information content (AvgIpc) is 3.53. The average molecular weight is 625 g/mol. The Labute approximate surface area is 266 Å². The predicted octanol–water partition coefficient (Wildman–Crippen LogP) is 3.55. The highest BCUT2D eigenvalue weighted by Gasteiger charge is 2.35. The van der Waals surface area contributed by atoms with E-state index < -0.39 is 23.8 Å². The van der Waals surface area contributed by atoms with Crippen LogP contribution in [0.1, 0.15) is 87.3 Å². The minimum Gasteiger partial charge on any atom is -0.344 e. The fourth-order valence-electron chi connectivity index (χ4n) is 6.45. The number of aryl methyl sites for hydroxylation is 1. The topological polar surface area (TPSA) is 117 Å². The van der Waals surface area contributed by atoms with Crippen molar-refractivity contribution in [2.45, 2.75) is 90.8 Å². The molecule has 0 radical (unpaired) electrons. The lowest BCUT2D eigenvalue weighted by molar-refractivity contribution is -0.138. The number of benzene rings is 1. The number of amides is 3. The summed E-state index contributed by atoms with van der Waals surface area (Å²) in [6.45, 7) is 10.8. The minimum absolute atomic E-state index is 0.0264. The van der Waals surface area contributed by atoms with Crippen molar-refractivity contribution in [2.24, 2.45) is 11.8 Å². The lowest BCUT2D eigenvalue weighted by atomic mass is 9.77. The summed E-state index contributed by atoms with van der Waals surface area (Å²) in [6, 6.07) is 4.75. The van der Waals surface area contributed by atoms with Crippen LogP contribution >= 0.6 is 0 Å². The van der Waals surface area contributed by atoms with Crippen LogP contribution in [0.3, 0.4) is 0 Å². The lowest BCUT2D eigenvalue weighted by Gasteiger charge is -2.36. The Balaban J connectivity index is 1.52. The highest BCUT2D eigenvalue weighted by molar-refractivity contribution is 5.97. The van der Waals surface area contributed by atoms with Gasteiger partial charge in [-0.2, -0.15) is 5.10 Å². The van der Waals surface area contributed by atoms with E-state index in [0.29, 0.717) is 36.8 Å². The first-order valence-corrected chi connectivity index (χ1v) is 16.4. The summed E-state index contributed by atoms with van der Waals surface area (Å²) >= 11 is 0. The van der Waals surface area contributed by atoms with E-state index in [1.54, 1.807) is 40.9 Å². The number of hydrogen-bond donors (Lipinski definition) is 2. The SMILES string of the molecule is CCC(=O)N[C@@H](C(=O)N1CCN(C)CC1)[C@@H](C)c1ccc(CC(=O)[C@@H](NC(=O)c2ccnn2CC)C2CCC(C)CC2)c(F)c1. The van der Waals surface area contributed by atoms with E-state index in [9.17, 15) is 19.2 Å². The Morgan fingerprint density at radius 3 is 2.31 bits per heavy atom. The number of piperazine rings is 1. The third-order valence-corrected chi connectivity index (χ3v) is 9.60. The van der Waals surface area contributed by atoms with E-state index in [4.69, 9.17) is 0 Å². The quantitative estimate of drug-likeness (QED) is 0.373. The highest BCUT2D eigenvalue weighted by Crippen LogP contribution is 2.32. The number of rotatable bonds is 12. The molecule has 0 spiro atoms. The number of carbonyl (C=O) groups excluding carboxylic acids is 4. The molecule has 0 unspecified atom stereocenters. The Morgan fingerprint density at radius 2 is 1.69 bits per heavy atom. The standard InChI is InChI=1S/C34H49FN6O4/c1-6-30(43)37-31(34(45)40-18-16-39(5)17-19-40)23(4)25-12-13-26(27(35)20-25)21-29(42)32(24-10-8-22(3)9-11-24)38-33(44)28-14-15-36-41(28)7-2/h12-15,20,22-24,31-32H,6-11,16-19,21H2,1-5H3,(H,37,43)(H,38,44)/t22?,23-,24?,31+,32-/m0/s1. The van der Waals surface area contributed by atoms with Crippen molar-refractivity contribution in [3.05, 3.63) is 53.1 Å². The molecular formula is C34H49FN6O4. The molecule has 0 bridgehead atoms. The van der Waals surface area contributed by atoms with Crippen LogP contribution in [0.25, 0.3) is 0 Å². The van der Waals surface area contributed by atoms with E-state index in [1.807, 2.05) is 20.9 Å². The van der Waals surface area contributed by atoms with E-state index in [2.05, 4.69) is 27.6 Å². The molecule has 1 aromatic heterocycles. The third kappa shape index (κ3) is 8.56. The molecule has 3 atom stereocenters. The van der Waals surface area contributed by atoms with Gasteiger partial charge in [0.15, 0.2) is 5.78 Å². The first-order chi connectivity index (χ1) is 21.5. The molecule has 45 heavy (non-hydrogen) atoms. The summed E-state index contributed by atoms with van der Waals surface area (Å²) in [5, 5.41) is 10.0. The molecule has 1 saturated carbocycles. The molecule has 2 N–H and O–H groups in total. The number of likely N-dealkylation sites (N-methyl/N-ethyl adjacent to an activating group) is 1. The molecule has 1 aliphatic carbocycles. The molecule has 246 valence electrons. The molecule has 2 heterocycles. The molecule has 2 aliphatic rings. The van der Waals surface area contributed by atoms with E-state index >= 15 is 4.39 Å². The maximum atomic E-state index is 15.7. The number of aromatic nitrogens is 2. The molecule has 1 aromatic carbocycles. The molecule has 2 fully saturated rings. The van der Waals surface area contributed by atoms with Crippen molar-refractivity contribution in [1.82, 2.24) is 30.2 Å². The smallest absolute Gasteiger partial charge is 0.270 e. The van der Waals surface area contributed by atoms with Crippen LogP contribution in [-0.2, 0) is 27.3 Å².